The topological polar surface area (TPSA) is 67.6 Å². The zero-order valence-corrected chi connectivity index (χ0v) is 14.1. The maximum Gasteiger partial charge on any atom is 0.200 e. The predicted octanol–water partition coefficient (Wildman–Crippen LogP) is 4.37. The highest BCUT2D eigenvalue weighted by Gasteiger charge is 2.16. The third kappa shape index (κ3) is 4.06. The van der Waals surface area contributed by atoms with Crippen LogP contribution in [0.15, 0.2) is 58.3 Å². The Labute approximate surface area is 145 Å². The van der Waals surface area contributed by atoms with Crippen molar-refractivity contribution in [2.75, 3.05) is 5.75 Å². The predicted molar refractivity (Wildman–Crippen MR) is 93.5 cm³/mol. The van der Waals surface area contributed by atoms with Crippen molar-refractivity contribution in [3.8, 4) is 17.7 Å². The first-order valence-corrected chi connectivity index (χ1v) is 8.88. The molecule has 0 fully saturated rings. The highest BCUT2D eigenvalue weighted by Crippen LogP contribution is 2.26. The van der Waals surface area contributed by atoms with Crippen LogP contribution in [0, 0.1) is 11.3 Å². The lowest BCUT2D eigenvalue weighted by Gasteiger charge is -2.09. The van der Waals surface area contributed by atoms with Crippen molar-refractivity contribution in [1.29, 1.82) is 5.26 Å². The number of rotatable bonds is 8. The fourth-order valence-electron chi connectivity index (χ4n) is 2.36. The molecule has 0 aliphatic rings. The summed E-state index contributed by atoms with van der Waals surface area (Å²) in [4.78, 5) is 0. The lowest BCUT2D eigenvalue weighted by Crippen LogP contribution is -2.04. The Balaban J connectivity index is 1.79. The van der Waals surface area contributed by atoms with Gasteiger partial charge in [-0.15, -0.1) is 10.2 Å². The van der Waals surface area contributed by atoms with Crippen molar-refractivity contribution in [1.82, 2.24) is 14.8 Å². The fraction of sp³-hybridized carbons (Fsp3) is 0.278. The van der Waals surface area contributed by atoms with Crippen LogP contribution < -0.4 is 0 Å². The molecule has 0 saturated heterocycles. The largest absolute Gasteiger partial charge is 0.461 e. The van der Waals surface area contributed by atoms with E-state index in [1.165, 1.54) is 5.56 Å². The summed E-state index contributed by atoms with van der Waals surface area (Å²) in [7, 11) is 0. The van der Waals surface area contributed by atoms with Crippen LogP contribution in [-0.2, 0) is 6.54 Å². The summed E-state index contributed by atoms with van der Waals surface area (Å²) in [5.41, 5.74) is 1.19. The zero-order valence-electron chi connectivity index (χ0n) is 13.3. The molecular formula is C18H18N4OS. The summed E-state index contributed by atoms with van der Waals surface area (Å²) < 4.78 is 7.59. The molecule has 0 bridgehead atoms. The van der Waals surface area contributed by atoms with Crippen molar-refractivity contribution in [3.63, 3.8) is 0 Å². The molecule has 24 heavy (non-hydrogen) atoms. The van der Waals surface area contributed by atoms with E-state index in [0.29, 0.717) is 13.0 Å². The fourth-order valence-corrected chi connectivity index (χ4v) is 3.30. The van der Waals surface area contributed by atoms with Gasteiger partial charge in [0.05, 0.1) is 18.9 Å². The standard InChI is InChI=1S/C18H18N4OS/c19-11-5-2-6-13-24-18-21-20-17(16-10-7-12-23-16)22(18)14-15-8-3-1-4-9-15/h1,3-4,7-10,12H,2,5-6,13-14H2. The third-order valence-corrected chi connectivity index (χ3v) is 4.61. The summed E-state index contributed by atoms with van der Waals surface area (Å²) >= 11 is 1.67. The lowest BCUT2D eigenvalue weighted by molar-refractivity contribution is 0.569. The maximum atomic E-state index is 8.61. The molecule has 0 atom stereocenters. The molecule has 122 valence electrons. The van der Waals surface area contributed by atoms with Crippen molar-refractivity contribution in [2.45, 2.75) is 31.0 Å². The quantitative estimate of drug-likeness (QED) is 0.450. The first-order chi connectivity index (χ1) is 11.9. The molecule has 3 rings (SSSR count). The highest BCUT2D eigenvalue weighted by atomic mass is 32.2. The molecule has 0 aliphatic heterocycles. The summed E-state index contributed by atoms with van der Waals surface area (Å²) in [6.07, 6.45) is 4.16. The average molecular weight is 338 g/mol. The molecule has 3 aromatic rings. The molecule has 5 nitrogen and oxygen atoms in total. The van der Waals surface area contributed by atoms with Gasteiger partial charge in [-0.25, -0.2) is 0 Å². The number of unbranched alkanes of at least 4 members (excludes halogenated alkanes) is 2. The van der Waals surface area contributed by atoms with Crippen molar-refractivity contribution in [3.05, 3.63) is 54.3 Å². The average Bonchev–Trinajstić information content (AvgIpc) is 3.26. The van der Waals surface area contributed by atoms with E-state index in [1.54, 1.807) is 18.0 Å². The maximum absolute atomic E-state index is 8.61. The highest BCUT2D eigenvalue weighted by molar-refractivity contribution is 7.99. The molecule has 0 N–H and O–H groups in total. The lowest BCUT2D eigenvalue weighted by atomic mass is 10.2. The Morgan fingerprint density at radius 1 is 1.08 bits per heavy atom. The van der Waals surface area contributed by atoms with Gasteiger partial charge in [0.1, 0.15) is 0 Å². The van der Waals surface area contributed by atoms with Gasteiger partial charge in [-0.3, -0.25) is 4.57 Å². The van der Waals surface area contributed by atoms with Gasteiger partial charge < -0.3 is 4.42 Å². The third-order valence-electron chi connectivity index (χ3n) is 3.56. The van der Waals surface area contributed by atoms with Gasteiger partial charge in [0, 0.05) is 12.2 Å². The van der Waals surface area contributed by atoms with Crippen LogP contribution in [-0.4, -0.2) is 20.5 Å². The van der Waals surface area contributed by atoms with Crippen LogP contribution in [0.4, 0.5) is 0 Å². The molecule has 0 saturated carbocycles. The second-order valence-corrected chi connectivity index (χ2v) is 6.38. The Morgan fingerprint density at radius 2 is 1.96 bits per heavy atom. The van der Waals surface area contributed by atoms with Crippen LogP contribution in [0.5, 0.6) is 0 Å². The minimum absolute atomic E-state index is 0.606. The second kappa shape index (κ2) is 8.37. The van der Waals surface area contributed by atoms with Crippen molar-refractivity contribution in [2.24, 2.45) is 0 Å². The van der Waals surface area contributed by atoms with Crippen LogP contribution >= 0.6 is 11.8 Å². The van der Waals surface area contributed by atoms with E-state index in [1.807, 2.05) is 30.3 Å². The molecule has 2 heterocycles. The van der Waals surface area contributed by atoms with Crippen LogP contribution in [0.3, 0.4) is 0 Å². The number of aromatic nitrogens is 3. The first-order valence-electron chi connectivity index (χ1n) is 7.89. The summed E-state index contributed by atoms with van der Waals surface area (Å²) in [5.74, 6) is 2.38. The van der Waals surface area contributed by atoms with E-state index in [9.17, 15) is 0 Å². The minimum atomic E-state index is 0.606. The summed E-state index contributed by atoms with van der Waals surface area (Å²) in [6, 6.07) is 16.2. The molecule has 0 spiro atoms. The molecular weight excluding hydrogens is 320 g/mol. The summed E-state index contributed by atoms with van der Waals surface area (Å²) in [6.45, 7) is 0.699. The van der Waals surface area contributed by atoms with Gasteiger partial charge in [0.15, 0.2) is 10.9 Å². The number of hydrogen-bond donors (Lipinski definition) is 0. The Morgan fingerprint density at radius 3 is 2.71 bits per heavy atom. The van der Waals surface area contributed by atoms with Gasteiger partial charge in [-0.1, -0.05) is 42.1 Å². The van der Waals surface area contributed by atoms with Gasteiger partial charge in [0.25, 0.3) is 0 Å². The van der Waals surface area contributed by atoms with Crippen molar-refractivity contribution < 1.29 is 4.42 Å². The molecule has 2 aromatic heterocycles. The summed E-state index contributed by atoms with van der Waals surface area (Å²) in [5, 5.41) is 18.1. The molecule has 0 unspecified atom stereocenters. The Hall–Kier alpha value is -2.52. The number of hydrogen-bond acceptors (Lipinski definition) is 5. The van der Waals surface area contributed by atoms with Crippen molar-refractivity contribution >= 4 is 11.8 Å². The van der Waals surface area contributed by atoms with Crippen LogP contribution in [0.1, 0.15) is 24.8 Å². The number of nitriles is 1. The number of benzene rings is 1. The monoisotopic (exact) mass is 338 g/mol. The first kappa shape index (κ1) is 16.3. The molecule has 6 heteroatoms. The molecule has 0 amide bonds. The second-order valence-electron chi connectivity index (χ2n) is 5.32. The van der Waals surface area contributed by atoms with E-state index in [0.717, 1.165) is 35.3 Å². The number of nitrogens with zero attached hydrogens (tertiary/aromatic N) is 4. The van der Waals surface area contributed by atoms with Crippen LogP contribution in [0.2, 0.25) is 0 Å². The van der Waals surface area contributed by atoms with Gasteiger partial charge in [0.2, 0.25) is 5.82 Å². The smallest absolute Gasteiger partial charge is 0.200 e. The van der Waals surface area contributed by atoms with E-state index in [-0.39, 0.29) is 0 Å². The van der Waals surface area contributed by atoms with E-state index in [2.05, 4.69) is 33.0 Å². The molecule has 0 aliphatic carbocycles. The Bertz CT molecular complexity index is 790. The zero-order chi connectivity index (χ0) is 16.6. The van der Waals surface area contributed by atoms with Gasteiger partial charge >= 0.3 is 0 Å². The van der Waals surface area contributed by atoms with E-state index >= 15 is 0 Å². The normalized spacial score (nSPS) is 10.6. The Kier molecular flexibility index (Phi) is 5.70. The van der Waals surface area contributed by atoms with E-state index in [4.69, 9.17) is 9.68 Å². The number of furan rings is 1. The van der Waals surface area contributed by atoms with Crippen LogP contribution in [0.25, 0.3) is 11.6 Å². The number of thioether (sulfide) groups is 1. The minimum Gasteiger partial charge on any atom is -0.461 e. The molecule has 0 radical (unpaired) electrons. The van der Waals surface area contributed by atoms with E-state index < -0.39 is 0 Å². The van der Waals surface area contributed by atoms with Gasteiger partial charge in [-0.05, 0) is 30.5 Å². The van der Waals surface area contributed by atoms with Gasteiger partial charge in [-0.2, -0.15) is 5.26 Å². The molecule has 1 aromatic carbocycles. The SMILES string of the molecule is N#CCCCCSc1nnc(-c2ccco2)n1Cc1ccccc1.